The predicted octanol–water partition coefficient (Wildman–Crippen LogP) is 2.05. The summed E-state index contributed by atoms with van der Waals surface area (Å²) in [5.74, 6) is -0.693. The lowest BCUT2D eigenvalue weighted by atomic mass is 10.2. The lowest BCUT2D eigenvalue weighted by molar-refractivity contribution is -0.120. The number of nitrogens with one attached hydrogen (secondary N) is 3. The molecule has 0 spiro atoms. The second-order valence-corrected chi connectivity index (χ2v) is 5.13. The van der Waals surface area contributed by atoms with Gasteiger partial charge in [-0.3, -0.25) is 9.59 Å². The van der Waals surface area contributed by atoms with E-state index in [2.05, 4.69) is 20.8 Å². The van der Waals surface area contributed by atoms with Gasteiger partial charge in [-0.25, -0.2) is 5.43 Å². The van der Waals surface area contributed by atoms with E-state index in [9.17, 15) is 9.59 Å². The van der Waals surface area contributed by atoms with Crippen LogP contribution in [0.15, 0.2) is 65.9 Å². The largest absolute Gasteiger partial charge is 0.361 e. The molecule has 0 aliphatic rings. The molecule has 3 aromatic rings. The molecular weight excluding hydrogens is 304 g/mol. The van der Waals surface area contributed by atoms with Crippen molar-refractivity contribution in [2.24, 2.45) is 5.10 Å². The van der Waals surface area contributed by atoms with Gasteiger partial charge >= 0.3 is 0 Å². The summed E-state index contributed by atoms with van der Waals surface area (Å²) in [6.45, 7) is -0.140. The van der Waals surface area contributed by atoms with Crippen LogP contribution in [-0.2, 0) is 4.79 Å². The topological polar surface area (TPSA) is 86.3 Å². The number of fused-ring (bicyclic) bond motifs is 1. The molecule has 2 aromatic carbocycles. The molecule has 2 amide bonds. The highest BCUT2D eigenvalue weighted by molar-refractivity contribution is 5.99. The standard InChI is InChI=1S/C18H16N4O2/c23-17(12-20-18(24)13-6-2-1-3-7-13)22-21-11-14-10-19-16-9-5-4-8-15(14)16/h1-11,19H,12H2,(H,20,24)(H,22,23)/b21-11-. The van der Waals surface area contributed by atoms with Crippen LogP contribution in [0.3, 0.4) is 0 Å². The molecule has 3 N–H and O–H groups in total. The van der Waals surface area contributed by atoms with Crippen molar-refractivity contribution in [3.8, 4) is 0 Å². The third-order valence-corrected chi connectivity index (χ3v) is 3.46. The number of hydrogen-bond acceptors (Lipinski definition) is 3. The van der Waals surface area contributed by atoms with E-state index in [-0.39, 0.29) is 12.5 Å². The fraction of sp³-hybridized carbons (Fsp3) is 0.0556. The van der Waals surface area contributed by atoms with Crippen LogP contribution < -0.4 is 10.7 Å². The minimum Gasteiger partial charge on any atom is -0.361 e. The number of carbonyl (C=O) groups excluding carboxylic acids is 2. The molecule has 120 valence electrons. The van der Waals surface area contributed by atoms with Gasteiger partial charge in [0.1, 0.15) is 0 Å². The zero-order valence-corrected chi connectivity index (χ0v) is 12.8. The molecule has 1 aromatic heterocycles. The van der Waals surface area contributed by atoms with E-state index in [4.69, 9.17) is 0 Å². The van der Waals surface area contributed by atoms with E-state index in [1.165, 1.54) is 0 Å². The number of benzene rings is 2. The Morgan fingerprint density at radius 2 is 1.79 bits per heavy atom. The average molecular weight is 320 g/mol. The highest BCUT2D eigenvalue weighted by atomic mass is 16.2. The molecule has 3 rings (SSSR count). The minimum absolute atomic E-state index is 0.140. The molecule has 0 saturated carbocycles. The molecule has 0 bridgehead atoms. The second kappa shape index (κ2) is 7.23. The Balaban J connectivity index is 1.51. The van der Waals surface area contributed by atoms with Crippen molar-refractivity contribution in [2.45, 2.75) is 0 Å². The zero-order valence-electron chi connectivity index (χ0n) is 12.8. The number of carbonyl (C=O) groups is 2. The lowest BCUT2D eigenvalue weighted by Gasteiger charge is -2.03. The molecule has 0 aliphatic heterocycles. The molecular formula is C18H16N4O2. The predicted molar refractivity (Wildman–Crippen MR) is 92.8 cm³/mol. The van der Waals surface area contributed by atoms with Crippen molar-refractivity contribution < 1.29 is 9.59 Å². The fourth-order valence-corrected chi connectivity index (χ4v) is 2.27. The Morgan fingerprint density at radius 1 is 1.04 bits per heavy atom. The number of hydrazone groups is 1. The molecule has 0 aliphatic carbocycles. The number of nitrogens with zero attached hydrogens (tertiary/aromatic N) is 1. The normalized spacial score (nSPS) is 10.8. The van der Waals surface area contributed by atoms with Gasteiger partial charge in [-0.2, -0.15) is 5.10 Å². The van der Waals surface area contributed by atoms with E-state index in [0.717, 1.165) is 16.5 Å². The first-order chi connectivity index (χ1) is 11.7. The number of rotatable bonds is 5. The molecule has 0 unspecified atom stereocenters. The van der Waals surface area contributed by atoms with Crippen LogP contribution in [0.1, 0.15) is 15.9 Å². The molecule has 6 heteroatoms. The van der Waals surface area contributed by atoms with Gasteiger partial charge in [0.25, 0.3) is 11.8 Å². The maximum Gasteiger partial charge on any atom is 0.259 e. The monoisotopic (exact) mass is 320 g/mol. The van der Waals surface area contributed by atoms with Gasteiger partial charge in [0.2, 0.25) is 0 Å². The summed E-state index contributed by atoms with van der Waals surface area (Å²) in [4.78, 5) is 26.7. The van der Waals surface area contributed by atoms with Gasteiger partial charge < -0.3 is 10.3 Å². The number of aromatic nitrogens is 1. The Kier molecular flexibility index (Phi) is 4.67. The quantitative estimate of drug-likeness (QED) is 0.496. The smallest absolute Gasteiger partial charge is 0.259 e. The van der Waals surface area contributed by atoms with Crippen LogP contribution in [0.5, 0.6) is 0 Å². The number of H-pyrrole nitrogens is 1. The molecule has 1 heterocycles. The van der Waals surface area contributed by atoms with E-state index in [1.807, 2.05) is 36.5 Å². The maximum atomic E-state index is 11.8. The summed E-state index contributed by atoms with van der Waals surface area (Å²) < 4.78 is 0. The number of para-hydroxylation sites is 1. The van der Waals surface area contributed by atoms with Gasteiger partial charge in [0, 0.05) is 28.2 Å². The molecule has 0 atom stereocenters. The first kappa shape index (κ1) is 15.5. The molecule has 0 radical (unpaired) electrons. The number of amides is 2. The SMILES string of the molecule is O=C(CNC(=O)c1ccccc1)N/N=C\c1c[nH]c2ccccc12. The minimum atomic E-state index is -0.393. The van der Waals surface area contributed by atoms with Gasteiger partial charge in [-0.1, -0.05) is 36.4 Å². The zero-order chi connectivity index (χ0) is 16.8. The van der Waals surface area contributed by atoms with Crippen molar-refractivity contribution in [1.82, 2.24) is 15.7 Å². The first-order valence-electron chi connectivity index (χ1n) is 7.45. The molecule has 6 nitrogen and oxygen atoms in total. The summed E-state index contributed by atoms with van der Waals surface area (Å²) in [6.07, 6.45) is 3.38. The summed E-state index contributed by atoms with van der Waals surface area (Å²) in [5.41, 5.74) is 4.78. The number of aromatic amines is 1. The van der Waals surface area contributed by atoms with Crippen molar-refractivity contribution in [1.29, 1.82) is 0 Å². The summed E-state index contributed by atoms with van der Waals surface area (Å²) in [5, 5.41) is 7.48. The Hall–Kier alpha value is -3.41. The van der Waals surface area contributed by atoms with Crippen LogP contribution in [-0.4, -0.2) is 29.6 Å². The van der Waals surface area contributed by atoms with Crippen LogP contribution in [0.4, 0.5) is 0 Å². The van der Waals surface area contributed by atoms with Crippen LogP contribution >= 0.6 is 0 Å². The van der Waals surface area contributed by atoms with E-state index in [1.54, 1.807) is 30.5 Å². The Labute approximate surface area is 138 Å². The maximum absolute atomic E-state index is 11.8. The van der Waals surface area contributed by atoms with Crippen LogP contribution in [0, 0.1) is 0 Å². The van der Waals surface area contributed by atoms with Crippen LogP contribution in [0.2, 0.25) is 0 Å². The Bertz CT molecular complexity index is 884. The van der Waals surface area contributed by atoms with Crippen molar-refractivity contribution in [2.75, 3.05) is 6.54 Å². The van der Waals surface area contributed by atoms with E-state index < -0.39 is 5.91 Å². The number of hydrogen-bond donors (Lipinski definition) is 3. The molecule has 24 heavy (non-hydrogen) atoms. The van der Waals surface area contributed by atoms with Gasteiger partial charge in [0.15, 0.2) is 0 Å². The summed E-state index contributed by atoms with van der Waals surface area (Å²) in [6, 6.07) is 16.5. The van der Waals surface area contributed by atoms with Gasteiger partial charge in [0.05, 0.1) is 12.8 Å². The third kappa shape index (κ3) is 3.67. The van der Waals surface area contributed by atoms with E-state index in [0.29, 0.717) is 5.56 Å². The fourth-order valence-electron chi connectivity index (χ4n) is 2.27. The molecule has 0 fully saturated rings. The summed E-state index contributed by atoms with van der Waals surface area (Å²) >= 11 is 0. The average Bonchev–Trinajstić information content (AvgIpc) is 3.04. The molecule has 0 saturated heterocycles. The van der Waals surface area contributed by atoms with E-state index >= 15 is 0 Å². The van der Waals surface area contributed by atoms with Crippen molar-refractivity contribution in [3.63, 3.8) is 0 Å². The second-order valence-electron chi connectivity index (χ2n) is 5.13. The lowest BCUT2D eigenvalue weighted by Crippen LogP contribution is -2.34. The third-order valence-electron chi connectivity index (χ3n) is 3.46. The van der Waals surface area contributed by atoms with Crippen molar-refractivity contribution in [3.05, 3.63) is 71.9 Å². The Morgan fingerprint density at radius 3 is 2.62 bits per heavy atom. The summed E-state index contributed by atoms with van der Waals surface area (Å²) in [7, 11) is 0. The van der Waals surface area contributed by atoms with Crippen molar-refractivity contribution >= 4 is 28.9 Å². The highest BCUT2D eigenvalue weighted by Crippen LogP contribution is 2.15. The van der Waals surface area contributed by atoms with Gasteiger partial charge in [-0.15, -0.1) is 0 Å². The van der Waals surface area contributed by atoms with Gasteiger partial charge in [-0.05, 0) is 18.2 Å². The highest BCUT2D eigenvalue weighted by Gasteiger charge is 2.06. The van der Waals surface area contributed by atoms with Crippen LogP contribution in [0.25, 0.3) is 10.9 Å². The first-order valence-corrected chi connectivity index (χ1v) is 7.45.